The third-order valence-electron chi connectivity index (χ3n) is 3.23. The number of hydrogen-bond donors (Lipinski definition) is 3. The summed E-state index contributed by atoms with van der Waals surface area (Å²) in [6.07, 6.45) is 0.628. The van der Waals surface area contributed by atoms with Crippen LogP contribution in [0.15, 0.2) is 24.3 Å². The van der Waals surface area contributed by atoms with E-state index in [4.69, 9.17) is 9.84 Å². The van der Waals surface area contributed by atoms with Gasteiger partial charge in [-0.2, -0.15) is 0 Å². The van der Waals surface area contributed by atoms with E-state index in [9.17, 15) is 9.90 Å². The van der Waals surface area contributed by atoms with Crippen LogP contribution in [0, 0.1) is 5.92 Å². The Morgan fingerprint density at radius 1 is 1.53 bits per heavy atom. The molecule has 5 heteroatoms. The maximum Gasteiger partial charge on any atom is 0.226 e. The van der Waals surface area contributed by atoms with Crippen molar-refractivity contribution in [1.29, 1.82) is 0 Å². The van der Waals surface area contributed by atoms with E-state index in [1.165, 1.54) is 6.92 Å². The Morgan fingerprint density at radius 3 is 3.00 bits per heavy atom. The summed E-state index contributed by atoms with van der Waals surface area (Å²) in [5, 5.41) is 21.2. The van der Waals surface area contributed by atoms with Gasteiger partial charge in [0.25, 0.3) is 0 Å². The Morgan fingerprint density at radius 2 is 2.26 bits per heavy atom. The summed E-state index contributed by atoms with van der Waals surface area (Å²) >= 11 is 0. The number of benzene rings is 1. The molecule has 1 aliphatic rings. The molecular weight excluding hydrogens is 246 g/mol. The molecule has 19 heavy (non-hydrogen) atoms. The normalized spacial score (nSPS) is 20.9. The number of rotatable bonds is 4. The smallest absolute Gasteiger partial charge is 0.226 e. The first-order valence-corrected chi connectivity index (χ1v) is 6.33. The van der Waals surface area contributed by atoms with Gasteiger partial charge in [0.2, 0.25) is 5.91 Å². The Balaban J connectivity index is 1.92. The molecule has 0 fully saturated rings. The van der Waals surface area contributed by atoms with Crippen LogP contribution < -0.4 is 10.1 Å². The lowest BCUT2D eigenvalue weighted by Crippen LogP contribution is -2.46. The predicted molar refractivity (Wildman–Crippen MR) is 69.9 cm³/mol. The molecule has 1 amide bonds. The molecular formula is C14H19NO4. The van der Waals surface area contributed by atoms with Gasteiger partial charge in [0.05, 0.1) is 12.5 Å². The fraction of sp³-hybridized carbons (Fsp3) is 0.500. The lowest BCUT2D eigenvalue weighted by molar-refractivity contribution is -0.127. The van der Waals surface area contributed by atoms with Gasteiger partial charge in [0.1, 0.15) is 18.0 Å². The van der Waals surface area contributed by atoms with Crippen molar-refractivity contribution in [2.45, 2.75) is 18.9 Å². The van der Waals surface area contributed by atoms with Crippen molar-refractivity contribution >= 4 is 5.91 Å². The number of ether oxygens (including phenoxy) is 1. The second-order valence-corrected chi connectivity index (χ2v) is 5.19. The van der Waals surface area contributed by atoms with E-state index in [0.717, 1.165) is 11.3 Å². The van der Waals surface area contributed by atoms with Gasteiger partial charge in [-0.3, -0.25) is 4.79 Å². The van der Waals surface area contributed by atoms with Gasteiger partial charge in [0.15, 0.2) is 0 Å². The zero-order valence-corrected chi connectivity index (χ0v) is 10.9. The highest BCUT2D eigenvalue weighted by Gasteiger charge is 2.27. The van der Waals surface area contributed by atoms with Crippen LogP contribution in [0.5, 0.6) is 5.75 Å². The zero-order valence-electron chi connectivity index (χ0n) is 10.9. The van der Waals surface area contributed by atoms with E-state index in [-0.39, 0.29) is 18.4 Å². The van der Waals surface area contributed by atoms with Crippen LogP contribution in [-0.4, -0.2) is 41.5 Å². The molecule has 0 saturated heterocycles. The highest BCUT2D eigenvalue weighted by molar-refractivity contribution is 5.79. The zero-order chi connectivity index (χ0) is 13.9. The summed E-state index contributed by atoms with van der Waals surface area (Å²) in [4.78, 5) is 12.0. The number of carbonyl (C=O) groups excluding carboxylic acids is 1. The molecule has 0 aliphatic carbocycles. The molecule has 1 aliphatic heterocycles. The van der Waals surface area contributed by atoms with Crippen LogP contribution in [-0.2, 0) is 11.2 Å². The van der Waals surface area contributed by atoms with Crippen molar-refractivity contribution in [3.8, 4) is 5.75 Å². The molecule has 104 valence electrons. The van der Waals surface area contributed by atoms with E-state index in [0.29, 0.717) is 13.0 Å². The molecule has 2 atom stereocenters. The number of hydrogen-bond acceptors (Lipinski definition) is 4. The average Bonchev–Trinajstić information content (AvgIpc) is 2.44. The molecule has 0 radical (unpaired) electrons. The van der Waals surface area contributed by atoms with Gasteiger partial charge in [-0.25, -0.2) is 0 Å². The third kappa shape index (κ3) is 3.45. The molecule has 1 aromatic rings. The van der Waals surface area contributed by atoms with E-state index in [2.05, 4.69) is 5.32 Å². The number of fused-ring (bicyclic) bond motifs is 1. The number of para-hydroxylation sites is 1. The lowest BCUT2D eigenvalue weighted by Gasteiger charge is -2.26. The maximum absolute atomic E-state index is 12.0. The molecule has 0 bridgehead atoms. The first-order chi connectivity index (χ1) is 9.02. The topological polar surface area (TPSA) is 78.8 Å². The van der Waals surface area contributed by atoms with Crippen molar-refractivity contribution in [2.24, 2.45) is 5.92 Å². The van der Waals surface area contributed by atoms with Crippen molar-refractivity contribution in [3.05, 3.63) is 29.8 Å². The first kappa shape index (κ1) is 13.8. The molecule has 2 rings (SSSR count). The van der Waals surface area contributed by atoms with E-state index in [1.54, 1.807) is 0 Å². The van der Waals surface area contributed by atoms with Gasteiger partial charge in [-0.15, -0.1) is 0 Å². The van der Waals surface area contributed by atoms with Crippen LogP contribution in [0.25, 0.3) is 0 Å². The largest absolute Gasteiger partial charge is 0.492 e. The molecule has 3 N–H and O–H groups in total. The molecule has 0 saturated carbocycles. The Labute approximate surface area is 112 Å². The van der Waals surface area contributed by atoms with E-state index >= 15 is 0 Å². The van der Waals surface area contributed by atoms with Crippen LogP contribution >= 0.6 is 0 Å². The predicted octanol–water partition coefficient (Wildman–Crippen LogP) is 0.0972. The summed E-state index contributed by atoms with van der Waals surface area (Å²) in [6, 6.07) is 7.65. The minimum atomic E-state index is -1.29. The van der Waals surface area contributed by atoms with Crippen LogP contribution in [0.4, 0.5) is 0 Å². The fourth-order valence-electron chi connectivity index (χ4n) is 1.97. The van der Waals surface area contributed by atoms with Crippen LogP contribution in [0.3, 0.4) is 0 Å². The maximum atomic E-state index is 12.0. The van der Waals surface area contributed by atoms with E-state index in [1.807, 2.05) is 24.3 Å². The highest BCUT2D eigenvalue weighted by Crippen LogP contribution is 2.26. The molecule has 1 heterocycles. The van der Waals surface area contributed by atoms with Gasteiger partial charge >= 0.3 is 0 Å². The quantitative estimate of drug-likeness (QED) is 0.721. The van der Waals surface area contributed by atoms with Gasteiger partial charge in [-0.05, 0) is 25.0 Å². The lowest BCUT2D eigenvalue weighted by atomic mass is 9.96. The van der Waals surface area contributed by atoms with Gasteiger partial charge in [0, 0.05) is 6.54 Å². The highest BCUT2D eigenvalue weighted by atomic mass is 16.5. The number of aliphatic hydroxyl groups is 2. The Kier molecular flexibility index (Phi) is 4.07. The minimum absolute atomic E-state index is 0.0283. The number of amides is 1. The number of aliphatic hydroxyl groups excluding tert-OH is 1. The van der Waals surface area contributed by atoms with Gasteiger partial charge in [-0.1, -0.05) is 18.2 Å². The minimum Gasteiger partial charge on any atom is -0.492 e. The molecule has 0 spiro atoms. The van der Waals surface area contributed by atoms with E-state index < -0.39 is 12.2 Å². The summed E-state index contributed by atoms with van der Waals surface area (Å²) < 4.78 is 5.54. The average molecular weight is 265 g/mol. The van der Waals surface area contributed by atoms with Crippen molar-refractivity contribution in [3.63, 3.8) is 0 Å². The fourth-order valence-corrected chi connectivity index (χ4v) is 1.97. The summed E-state index contributed by atoms with van der Waals surface area (Å²) in [6.45, 7) is 1.45. The standard InChI is InChI=1S/C14H19NO4/c1-14(18,9-16)8-15-13(17)11-6-10-4-2-3-5-12(10)19-7-11/h2-5,11,16,18H,6-9H2,1H3,(H,15,17). The second kappa shape index (κ2) is 5.59. The molecule has 1 aromatic carbocycles. The molecule has 5 nitrogen and oxygen atoms in total. The van der Waals surface area contributed by atoms with Crippen LogP contribution in [0.2, 0.25) is 0 Å². The summed E-state index contributed by atoms with van der Waals surface area (Å²) in [5.74, 6) is 0.404. The number of carbonyl (C=O) groups is 1. The molecule has 2 unspecified atom stereocenters. The second-order valence-electron chi connectivity index (χ2n) is 5.19. The first-order valence-electron chi connectivity index (χ1n) is 6.33. The summed E-state index contributed by atoms with van der Waals surface area (Å²) in [5.41, 5.74) is -0.272. The molecule has 0 aromatic heterocycles. The van der Waals surface area contributed by atoms with Crippen molar-refractivity contribution in [2.75, 3.05) is 19.8 Å². The Hall–Kier alpha value is -1.59. The van der Waals surface area contributed by atoms with Crippen molar-refractivity contribution < 1.29 is 19.7 Å². The van der Waals surface area contributed by atoms with Crippen molar-refractivity contribution in [1.82, 2.24) is 5.32 Å². The summed E-state index contributed by atoms with van der Waals surface area (Å²) in [7, 11) is 0. The number of nitrogens with one attached hydrogen (secondary N) is 1. The SMILES string of the molecule is CC(O)(CO)CNC(=O)C1COc2ccccc2C1. The third-order valence-corrected chi connectivity index (χ3v) is 3.23. The van der Waals surface area contributed by atoms with Crippen LogP contribution in [0.1, 0.15) is 12.5 Å². The van der Waals surface area contributed by atoms with Gasteiger partial charge < -0.3 is 20.3 Å². The Bertz CT molecular complexity index is 459. The monoisotopic (exact) mass is 265 g/mol.